The standard InChI is InChI=1S/C26H22N2O8S2/c1-35-25(29)17-9-13-19(14-10-17)27-37(31,32)23-7-3-6-22-21(23)5-4-8-24(22)38(33,34)28-20-15-11-18(12-16-20)26(30)36-2/h3-16,27-28H,1-2H3. The van der Waals surface area contributed by atoms with Gasteiger partial charge in [-0.3, -0.25) is 9.44 Å². The van der Waals surface area contributed by atoms with Gasteiger partial charge in [0, 0.05) is 22.1 Å². The molecule has 0 aliphatic rings. The van der Waals surface area contributed by atoms with Crippen molar-refractivity contribution >= 4 is 54.1 Å². The van der Waals surface area contributed by atoms with Gasteiger partial charge >= 0.3 is 11.9 Å². The van der Waals surface area contributed by atoms with Crippen LogP contribution in [-0.4, -0.2) is 43.0 Å². The summed E-state index contributed by atoms with van der Waals surface area (Å²) in [5.41, 5.74) is 0.914. The lowest BCUT2D eigenvalue weighted by atomic mass is 10.1. The van der Waals surface area contributed by atoms with Crippen LogP contribution in [0, 0.1) is 0 Å². The molecule has 10 nitrogen and oxygen atoms in total. The number of rotatable bonds is 8. The summed E-state index contributed by atoms with van der Waals surface area (Å²) in [5.74, 6) is -1.12. The largest absolute Gasteiger partial charge is 0.465 e. The number of carbonyl (C=O) groups is 2. The molecule has 0 aromatic heterocycles. The molecule has 4 aromatic carbocycles. The van der Waals surface area contributed by atoms with Crippen LogP contribution in [0.2, 0.25) is 0 Å². The molecule has 0 heterocycles. The van der Waals surface area contributed by atoms with E-state index in [4.69, 9.17) is 0 Å². The van der Waals surface area contributed by atoms with E-state index in [1.165, 1.54) is 99.1 Å². The number of fused-ring (bicyclic) bond motifs is 1. The number of hydrogen-bond donors (Lipinski definition) is 2. The van der Waals surface area contributed by atoms with Gasteiger partial charge in [0.15, 0.2) is 0 Å². The van der Waals surface area contributed by atoms with Crippen LogP contribution in [0.25, 0.3) is 10.8 Å². The molecule has 0 aliphatic heterocycles. The maximum atomic E-state index is 13.2. The highest BCUT2D eigenvalue weighted by Crippen LogP contribution is 2.30. The van der Waals surface area contributed by atoms with Gasteiger partial charge < -0.3 is 9.47 Å². The second-order valence-electron chi connectivity index (χ2n) is 7.96. The number of ether oxygens (including phenoxy) is 2. The highest BCUT2D eigenvalue weighted by molar-refractivity contribution is 7.93. The molecular weight excluding hydrogens is 532 g/mol. The van der Waals surface area contributed by atoms with Gasteiger partial charge in [0.1, 0.15) is 0 Å². The van der Waals surface area contributed by atoms with Crippen molar-refractivity contribution < 1.29 is 35.9 Å². The predicted molar refractivity (Wildman–Crippen MR) is 141 cm³/mol. The molecule has 0 saturated carbocycles. The molecule has 4 rings (SSSR count). The number of nitrogens with one attached hydrogen (secondary N) is 2. The minimum Gasteiger partial charge on any atom is -0.465 e. The van der Waals surface area contributed by atoms with Crippen molar-refractivity contribution in [3.8, 4) is 0 Å². The van der Waals surface area contributed by atoms with Crippen LogP contribution in [0.1, 0.15) is 20.7 Å². The zero-order valence-electron chi connectivity index (χ0n) is 20.2. The minimum absolute atomic E-state index is 0.133. The highest BCUT2D eigenvalue weighted by Gasteiger charge is 2.23. The third kappa shape index (κ3) is 5.45. The molecule has 0 bridgehead atoms. The number of carbonyl (C=O) groups excluding carboxylic acids is 2. The first-order valence-corrected chi connectivity index (χ1v) is 14.0. The average Bonchev–Trinajstić information content (AvgIpc) is 2.91. The van der Waals surface area contributed by atoms with E-state index in [1.807, 2.05) is 0 Å². The Morgan fingerprint density at radius 1 is 0.553 bits per heavy atom. The Balaban J connectivity index is 1.67. The van der Waals surface area contributed by atoms with Crippen LogP contribution in [0.3, 0.4) is 0 Å². The van der Waals surface area contributed by atoms with Crippen molar-refractivity contribution in [2.45, 2.75) is 9.79 Å². The summed E-state index contributed by atoms with van der Waals surface area (Å²) in [7, 11) is -5.80. The summed E-state index contributed by atoms with van der Waals surface area (Å²) in [6.07, 6.45) is 0. The van der Waals surface area contributed by atoms with E-state index >= 15 is 0 Å². The third-order valence-electron chi connectivity index (χ3n) is 5.54. The molecule has 0 radical (unpaired) electrons. The summed E-state index contributed by atoms with van der Waals surface area (Å²) < 4.78 is 67.2. The van der Waals surface area contributed by atoms with Crippen LogP contribution in [-0.2, 0) is 29.5 Å². The van der Waals surface area contributed by atoms with Crippen molar-refractivity contribution in [2.75, 3.05) is 23.7 Å². The van der Waals surface area contributed by atoms with Crippen LogP contribution in [0.4, 0.5) is 11.4 Å². The average molecular weight is 555 g/mol. The summed E-state index contributed by atoms with van der Waals surface area (Å²) in [5, 5.41) is 0.380. The minimum atomic E-state index is -4.14. The second kappa shape index (κ2) is 10.5. The van der Waals surface area contributed by atoms with Crippen molar-refractivity contribution in [3.05, 3.63) is 96.1 Å². The first kappa shape index (κ1) is 26.6. The molecule has 0 aliphatic carbocycles. The Kier molecular flexibility index (Phi) is 7.37. The second-order valence-corrected chi connectivity index (χ2v) is 11.3. The van der Waals surface area contributed by atoms with E-state index in [9.17, 15) is 26.4 Å². The monoisotopic (exact) mass is 554 g/mol. The first-order chi connectivity index (χ1) is 18.1. The van der Waals surface area contributed by atoms with E-state index in [0.29, 0.717) is 0 Å². The molecule has 0 atom stereocenters. The molecule has 4 aromatic rings. The molecule has 196 valence electrons. The van der Waals surface area contributed by atoms with Gasteiger partial charge in [-0.1, -0.05) is 24.3 Å². The van der Waals surface area contributed by atoms with Gasteiger partial charge in [0.05, 0.1) is 35.1 Å². The maximum absolute atomic E-state index is 13.2. The first-order valence-electron chi connectivity index (χ1n) is 11.0. The maximum Gasteiger partial charge on any atom is 0.337 e. The molecule has 2 N–H and O–H groups in total. The summed E-state index contributed by atoms with van der Waals surface area (Å²) in [6, 6.07) is 20.0. The van der Waals surface area contributed by atoms with E-state index in [2.05, 4.69) is 18.9 Å². The van der Waals surface area contributed by atoms with Crippen LogP contribution in [0.5, 0.6) is 0 Å². The van der Waals surface area contributed by atoms with Crippen molar-refractivity contribution in [1.82, 2.24) is 0 Å². The van der Waals surface area contributed by atoms with Crippen molar-refractivity contribution in [1.29, 1.82) is 0 Å². The van der Waals surface area contributed by atoms with E-state index in [0.717, 1.165) is 0 Å². The fraction of sp³-hybridized carbons (Fsp3) is 0.0769. The summed E-state index contributed by atoms with van der Waals surface area (Å²) >= 11 is 0. The number of anilines is 2. The van der Waals surface area contributed by atoms with Gasteiger partial charge in [0.25, 0.3) is 20.0 Å². The fourth-order valence-electron chi connectivity index (χ4n) is 3.73. The van der Waals surface area contributed by atoms with Gasteiger partial charge in [-0.25, -0.2) is 26.4 Å². The highest BCUT2D eigenvalue weighted by atomic mass is 32.2. The lowest BCUT2D eigenvalue weighted by Crippen LogP contribution is -2.15. The molecule has 0 unspecified atom stereocenters. The number of methoxy groups -OCH3 is 2. The van der Waals surface area contributed by atoms with Crippen molar-refractivity contribution in [2.24, 2.45) is 0 Å². The zero-order chi connectivity index (χ0) is 27.5. The van der Waals surface area contributed by atoms with Crippen LogP contribution < -0.4 is 9.44 Å². The molecule has 0 saturated heterocycles. The Morgan fingerprint density at radius 3 is 1.21 bits per heavy atom. The zero-order valence-corrected chi connectivity index (χ0v) is 21.8. The Labute approximate surface area is 219 Å². The van der Waals surface area contributed by atoms with E-state index in [-0.39, 0.29) is 43.1 Å². The van der Waals surface area contributed by atoms with Gasteiger partial charge in [-0.15, -0.1) is 0 Å². The SMILES string of the molecule is COC(=O)c1ccc(NS(=O)(=O)c2cccc3c(S(=O)(=O)Nc4ccc(C(=O)OC)cc4)cccc23)cc1. The molecular formula is C26H22N2O8S2. The van der Waals surface area contributed by atoms with Crippen molar-refractivity contribution in [3.63, 3.8) is 0 Å². The van der Waals surface area contributed by atoms with Crippen LogP contribution >= 0.6 is 0 Å². The number of benzene rings is 4. The quantitative estimate of drug-likeness (QED) is 0.311. The lowest BCUT2D eigenvalue weighted by molar-refractivity contribution is 0.0592. The summed E-state index contributed by atoms with van der Waals surface area (Å²) in [6.45, 7) is 0. The molecule has 0 amide bonds. The van der Waals surface area contributed by atoms with Gasteiger partial charge in [0.2, 0.25) is 0 Å². The molecule has 12 heteroatoms. The number of sulfonamides is 2. The fourth-order valence-corrected chi connectivity index (χ4v) is 6.29. The normalized spacial score (nSPS) is 11.5. The third-order valence-corrected chi connectivity index (χ3v) is 8.42. The molecule has 0 fully saturated rings. The topological polar surface area (TPSA) is 145 Å². The van der Waals surface area contributed by atoms with Gasteiger partial charge in [-0.05, 0) is 60.7 Å². The van der Waals surface area contributed by atoms with E-state index < -0.39 is 32.0 Å². The predicted octanol–water partition coefficient (Wildman–Crippen LogP) is 4.01. The number of hydrogen-bond acceptors (Lipinski definition) is 8. The number of esters is 2. The Hall–Kier alpha value is -4.42. The Morgan fingerprint density at radius 2 is 0.895 bits per heavy atom. The summed E-state index contributed by atoms with van der Waals surface area (Å²) in [4.78, 5) is 23.0. The molecule has 38 heavy (non-hydrogen) atoms. The van der Waals surface area contributed by atoms with Crippen LogP contribution in [0.15, 0.2) is 94.7 Å². The van der Waals surface area contributed by atoms with E-state index in [1.54, 1.807) is 0 Å². The van der Waals surface area contributed by atoms with Gasteiger partial charge in [-0.2, -0.15) is 0 Å². The molecule has 0 spiro atoms. The smallest absolute Gasteiger partial charge is 0.337 e. The lowest BCUT2D eigenvalue weighted by Gasteiger charge is -2.14. The Bertz CT molecular complexity index is 1600.